The van der Waals surface area contributed by atoms with Crippen LogP contribution in [0.4, 0.5) is 10.5 Å². The van der Waals surface area contributed by atoms with Crippen molar-refractivity contribution >= 4 is 47.8 Å². The Hall–Kier alpha value is -3.67. The molecule has 0 aliphatic carbocycles. The third-order valence-corrected chi connectivity index (χ3v) is 4.56. The minimum atomic E-state index is -0.504. The fraction of sp³-hybridized carbons (Fsp3) is 0.136. The number of urea groups is 1. The minimum absolute atomic E-state index is 0.428. The number of allylic oxidation sites excluding steroid dienone is 1. The Kier molecular flexibility index (Phi) is 5.40. The molecule has 0 atom stereocenters. The highest BCUT2D eigenvalue weighted by Crippen LogP contribution is 2.28. The Morgan fingerprint density at radius 1 is 1.36 bits per heavy atom. The average molecular weight is 372 g/mol. The summed E-state index contributed by atoms with van der Waals surface area (Å²) in [4.78, 5) is 19.7. The number of carbonyl (C=O) groups is 1. The van der Waals surface area contributed by atoms with Crippen LogP contribution in [0.15, 0.2) is 53.8 Å². The standard InChI is InChI=1S/C22H22N5O/c1-5-7-17-16(10-12-25-21(17)15(2)23)14-27-13-11-18-19(8-6-9-20(18)27)26(4)22(28)24-3/h5-13,23H,3-4,14H2,1-2H3/q+1. The van der Waals surface area contributed by atoms with Crippen molar-refractivity contribution in [2.75, 3.05) is 0 Å². The summed E-state index contributed by atoms with van der Waals surface area (Å²) in [5, 5.41) is 8.91. The zero-order valence-electron chi connectivity index (χ0n) is 16.0. The number of nitrogens with one attached hydrogen (secondary N) is 1. The smallest absolute Gasteiger partial charge is 0.343 e. The molecule has 0 bridgehead atoms. The van der Waals surface area contributed by atoms with Crippen LogP contribution in [0.1, 0.15) is 30.7 Å². The Morgan fingerprint density at radius 3 is 2.82 bits per heavy atom. The van der Waals surface area contributed by atoms with E-state index in [0.29, 0.717) is 23.6 Å². The molecule has 28 heavy (non-hydrogen) atoms. The second-order valence-electron chi connectivity index (χ2n) is 6.38. The number of amides is 2. The summed E-state index contributed by atoms with van der Waals surface area (Å²) in [6.45, 7) is 11.4. The Labute approximate surface area is 163 Å². The first-order valence-electron chi connectivity index (χ1n) is 8.83. The van der Waals surface area contributed by atoms with Gasteiger partial charge in [-0.15, -0.1) is 0 Å². The molecule has 2 aromatic heterocycles. The van der Waals surface area contributed by atoms with Crippen LogP contribution in [-0.2, 0) is 6.54 Å². The molecule has 3 aromatic rings. The van der Waals surface area contributed by atoms with Crippen molar-refractivity contribution in [3.63, 3.8) is 0 Å². The molecule has 0 unspecified atom stereocenters. The molecule has 0 aliphatic rings. The summed E-state index contributed by atoms with van der Waals surface area (Å²) in [6, 6.07) is 9.13. The minimum Gasteiger partial charge on any atom is -0.343 e. The van der Waals surface area contributed by atoms with Gasteiger partial charge in [0.1, 0.15) is 12.4 Å². The molecule has 0 radical (unpaired) electrons. The third-order valence-electron chi connectivity index (χ3n) is 4.56. The normalized spacial score (nSPS) is 11.1. The molecule has 1 aromatic carbocycles. The largest absolute Gasteiger partial charge is 0.543 e. The summed E-state index contributed by atoms with van der Waals surface area (Å²) in [7, 11) is 0. The van der Waals surface area contributed by atoms with Gasteiger partial charge in [-0.3, -0.25) is 4.98 Å². The van der Waals surface area contributed by atoms with E-state index in [2.05, 4.69) is 28.0 Å². The van der Waals surface area contributed by atoms with Gasteiger partial charge < -0.3 is 9.98 Å². The summed E-state index contributed by atoms with van der Waals surface area (Å²) in [5.74, 6) is 0. The molecule has 2 amide bonds. The molecule has 0 spiro atoms. The second-order valence-corrected chi connectivity index (χ2v) is 6.38. The maximum Gasteiger partial charge on any atom is 0.543 e. The lowest BCUT2D eigenvalue weighted by Gasteiger charge is -2.12. The third kappa shape index (κ3) is 3.44. The maximum atomic E-state index is 11.9. The first kappa shape index (κ1) is 19.1. The Morgan fingerprint density at radius 2 is 2.14 bits per heavy atom. The van der Waals surface area contributed by atoms with Gasteiger partial charge in [-0.2, -0.15) is 9.37 Å². The predicted molar refractivity (Wildman–Crippen MR) is 114 cm³/mol. The van der Waals surface area contributed by atoms with E-state index in [1.807, 2.05) is 55.6 Å². The van der Waals surface area contributed by atoms with Crippen LogP contribution in [0, 0.1) is 5.41 Å². The van der Waals surface area contributed by atoms with E-state index >= 15 is 0 Å². The van der Waals surface area contributed by atoms with Crippen LogP contribution in [0.5, 0.6) is 0 Å². The van der Waals surface area contributed by atoms with Crippen LogP contribution in [0.25, 0.3) is 17.0 Å². The number of aliphatic imine (C=N–C) groups is 1. The number of nitrogens with zero attached hydrogens (tertiary/aromatic N) is 4. The zero-order valence-corrected chi connectivity index (χ0v) is 16.0. The summed E-state index contributed by atoms with van der Waals surface area (Å²) in [5.41, 5.74) is 4.76. The topological polar surface area (TPSA) is 74.1 Å². The van der Waals surface area contributed by atoms with Gasteiger partial charge >= 0.3 is 6.03 Å². The number of rotatable bonds is 5. The van der Waals surface area contributed by atoms with Gasteiger partial charge in [-0.05, 0) is 48.7 Å². The summed E-state index contributed by atoms with van der Waals surface area (Å²) in [6.07, 6.45) is 7.65. The van der Waals surface area contributed by atoms with E-state index in [4.69, 9.17) is 5.41 Å². The van der Waals surface area contributed by atoms with Gasteiger partial charge in [0.05, 0.1) is 23.6 Å². The zero-order chi connectivity index (χ0) is 20.3. The van der Waals surface area contributed by atoms with Gasteiger partial charge in [0, 0.05) is 29.9 Å². The monoisotopic (exact) mass is 372 g/mol. The van der Waals surface area contributed by atoms with Gasteiger partial charge in [0.2, 0.25) is 0 Å². The lowest BCUT2D eigenvalue weighted by molar-refractivity contribution is -0.316. The highest BCUT2D eigenvalue weighted by molar-refractivity contribution is 5.98. The van der Waals surface area contributed by atoms with Crippen molar-refractivity contribution in [1.82, 2.24) is 9.55 Å². The van der Waals surface area contributed by atoms with E-state index < -0.39 is 6.03 Å². The van der Waals surface area contributed by atoms with Crippen LogP contribution in [-0.4, -0.2) is 39.3 Å². The molecule has 140 valence electrons. The van der Waals surface area contributed by atoms with Gasteiger partial charge in [-0.1, -0.05) is 18.2 Å². The van der Waals surface area contributed by atoms with Crippen LogP contribution in [0.2, 0.25) is 0 Å². The first-order valence-corrected chi connectivity index (χ1v) is 8.83. The van der Waals surface area contributed by atoms with Crippen molar-refractivity contribution in [2.24, 2.45) is 4.99 Å². The van der Waals surface area contributed by atoms with E-state index in [0.717, 1.165) is 22.0 Å². The van der Waals surface area contributed by atoms with E-state index in [1.54, 1.807) is 13.1 Å². The molecule has 6 heteroatoms. The SMILES string of the molecule is C=NC(=O)[N+](=C)c1cccc2c1ccn2Cc1ccnc(C(C)=N)c1C=CC. The van der Waals surface area contributed by atoms with Crippen molar-refractivity contribution in [2.45, 2.75) is 20.4 Å². The summed E-state index contributed by atoms with van der Waals surface area (Å²) < 4.78 is 3.34. The first-order chi connectivity index (χ1) is 13.5. The highest BCUT2D eigenvalue weighted by Gasteiger charge is 2.19. The predicted octanol–water partition coefficient (Wildman–Crippen LogP) is 4.67. The average Bonchev–Trinajstić information content (AvgIpc) is 3.11. The van der Waals surface area contributed by atoms with Crippen molar-refractivity contribution in [1.29, 1.82) is 5.41 Å². The number of carbonyl (C=O) groups excluding carboxylic acids is 1. The van der Waals surface area contributed by atoms with E-state index in [-0.39, 0.29) is 0 Å². The molecule has 0 aliphatic heterocycles. The van der Waals surface area contributed by atoms with Crippen molar-refractivity contribution < 1.29 is 9.37 Å². The van der Waals surface area contributed by atoms with Gasteiger partial charge in [0.15, 0.2) is 0 Å². The lowest BCUT2D eigenvalue weighted by Crippen LogP contribution is -2.09. The van der Waals surface area contributed by atoms with E-state index in [9.17, 15) is 4.79 Å². The fourth-order valence-electron chi connectivity index (χ4n) is 3.25. The van der Waals surface area contributed by atoms with Crippen molar-refractivity contribution in [3.05, 3.63) is 65.6 Å². The number of pyridine rings is 1. The number of benzene rings is 1. The van der Waals surface area contributed by atoms with Gasteiger partial charge in [-0.25, -0.2) is 0 Å². The highest BCUT2D eigenvalue weighted by atomic mass is 16.2. The second kappa shape index (κ2) is 7.92. The molecule has 3 rings (SSSR count). The van der Waals surface area contributed by atoms with E-state index in [1.165, 1.54) is 4.58 Å². The van der Waals surface area contributed by atoms with Crippen molar-refractivity contribution in [3.8, 4) is 0 Å². The quantitative estimate of drug-likeness (QED) is 0.522. The molecule has 6 nitrogen and oxygen atoms in total. The Balaban J connectivity index is 2.09. The van der Waals surface area contributed by atoms with Gasteiger partial charge in [0.25, 0.3) is 0 Å². The van der Waals surface area contributed by atoms with Crippen LogP contribution in [0.3, 0.4) is 0 Å². The molecule has 1 N–H and O–H groups in total. The Bertz CT molecular complexity index is 1140. The molecule has 0 saturated heterocycles. The fourth-order valence-corrected chi connectivity index (χ4v) is 3.25. The molecular formula is C22H22N5O+. The number of aromatic nitrogens is 2. The molecule has 0 fully saturated rings. The maximum absolute atomic E-state index is 11.9. The number of hydrogen-bond acceptors (Lipinski definition) is 3. The number of fused-ring (bicyclic) bond motifs is 1. The number of hydrogen-bond donors (Lipinski definition) is 1. The van der Waals surface area contributed by atoms with Crippen LogP contribution < -0.4 is 0 Å². The molecule has 2 heterocycles. The lowest BCUT2D eigenvalue weighted by atomic mass is 10.0. The summed E-state index contributed by atoms with van der Waals surface area (Å²) >= 11 is 0. The molecular weight excluding hydrogens is 350 g/mol. The van der Waals surface area contributed by atoms with Crippen LogP contribution >= 0.6 is 0 Å². The molecule has 0 saturated carbocycles.